The summed E-state index contributed by atoms with van der Waals surface area (Å²) >= 11 is 0. The number of carbonyl (C=O) groups excluding carboxylic acids is 1. The van der Waals surface area contributed by atoms with Crippen molar-refractivity contribution in [3.63, 3.8) is 0 Å². The topological polar surface area (TPSA) is 124 Å². The van der Waals surface area contributed by atoms with Crippen LogP contribution in [0.25, 0.3) is 11.0 Å². The molecule has 0 unspecified atom stereocenters. The molecule has 3 heterocycles. The van der Waals surface area contributed by atoms with E-state index in [4.69, 9.17) is 15.2 Å². The predicted molar refractivity (Wildman–Crippen MR) is 141 cm³/mol. The normalized spacial score (nSPS) is 19.6. The van der Waals surface area contributed by atoms with Crippen LogP contribution in [-0.2, 0) is 22.5 Å². The summed E-state index contributed by atoms with van der Waals surface area (Å²) in [7, 11) is 1.72. The molecule has 37 heavy (non-hydrogen) atoms. The molecule has 1 aliphatic rings. The predicted octanol–water partition coefficient (Wildman–Crippen LogP) is 4.01. The van der Waals surface area contributed by atoms with Crippen molar-refractivity contribution in [3.8, 4) is 5.75 Å². The molecule has 198 valence electrons. The highest BCUT2D eigenvalue weighted by Crippen LogP contribution is 2.36. The number of carbonyl (C=O) groups is 1. The molecule has 9 nitrogen and oxygen atoms in total. The maximum Gasteiger partial charge on any atom is 0.212 e. The molecule has 0 saturated heterocycles. The summed E-state index contributed by atoms with van der Waals surface area (Å²) in [6.45, 7) is 3.49. The zero-order valence-electron chi connectivity index (χ0n) is 21.4. The second-order valence-corrected chi connectivity index (χ2v) is 9.58. The van der Waals surface area contributed by atoms with Crippen molar-refractivity contribution >= 4 is 29.1 Å². The van der Waals surface area contributed by atoms with Crippen LogP contribution in [0.2, 0.25) is 0 Å². The zero-order chi connectivity index (χ0) is 26.3. The second-order valence-electron chi connectivity index (χ2n) is 9.58. The number of nitrogens with one attached hydrogen (secondary N) is 2. The first-order valence-electron chi connectivity index (χ1n) is 12.7. The van der Waals surface area contributed by atoms with Gasteiger partial charge in [0, 0.05) is 24.8 Å². The summed E-state index contributed by atoms with van der Waals surface area (Å²) in [4.78, 5) is 24.0. The SMILES string of the molecule is CCOc1ccc(CNC2(COC)CCC(CCc3c(F)cnc4ccc(N)nc34)CC2)nc1NC=O. The third-order valence-electron chi connectivity index (χ3n) is 7.13. The van der Waals surface area contributed by atoms with Gasteiger partial charge in [0.1, 0.15) is 11.6 Å². The monoisotopic (exact) mass is 510 g/mol. The molecule has 0 aliphatic heterocycles. The Morgan fingerprint density at radius 3 is 2.76 bits per heavy atom. The smallest absolute Gasteiger partial charge is 0.212 e. The lowest BCUT2D eigenvalue weighted by Crippen LogP contribution is -2.51. The summed E-state index contributed by atoms with van der Waals surface area (Å²) in [5.41, 5.74) is 8.28. The van der Waals surface area contributed by atoms with Gasteiger partial charge < -0.3 is 25.8 Å². The minimum Gasteiger partial charge on any atom is -0.490 e. The Morgan fingerprint density at radius 1 is 1.22 bits per heavy atom. The lowest BCUT2D eigenvalue weighted by atomic mass is 9.75. The highest BCUT2D eigenvalue weighted by Gasteiger charge is 2.35. The zero-order valence-corrected chi connectivity index (χ0v) is 21.4. The van der Waals surface area contributed by atoms with Crippen LogP contribution in [0.1, 0.15) is 50.3 Å². The van der Waals surface area contributed by atoms with E-state index in [9.17, 15) is 9.18 Å². The van der Waals surface area contributed by atoms with Gasteiger partial charge in [-0.3, -0.25) is 9.78 Å². The third kappa shape index (κ3) is 6.50. The standard InChI is InChI=1S/C27H35FN6O3/c1-3-37-23-8-5-19(33-26(23)31-17-35)14-32-27(16-36-2)12-10-18(11-13-27)4-6-20-21(28)15-30-22-7-9-24(29)34-25(20)22/h5,7-9,15,17-18,32H,3-4,6,10-14,16H2,1-2H3,(H2,29,34)(H,31,33,35). The van der Waals surface area contributed by atoms with Gasteiger partial charge >= 0.3 is 0 Å². The molecule has 0 spiro atoms. The Morgan fingerprint density at radius 2 is 2.03 bits per heavy atom. The molecule has 0 radical (unpaired) electrons. The van der Waals surface area contributed by atoms with E-state index >= 15 is 0 Å². The number of nitrogens with two attached hydrogens (primary N) is 1. The summed E-state index contributed by atoms with van der Waals surface area (Å²) in [5.74, 6) is 1.46. The number of fused-ring (bicyclic) bond motifs is 1. The molecule has 0 bridgehead atoms. The molecule has 0 atom stereocenters. The number of halogens is 1. The molecular weight excluding hydrogens is 475 g/mol. The number of rotatable bonds is 12. The highest BCUT2D eigenvalue weighted by molar-refractivity contribution is 5.79. The van der Waals surface area contributed by atoms with Gasteiger partial charge in [0.2, 0.25) is 6.41 Å². The van der Waals surface area contributed by atoms with E-state index in [2.05, 4.69) is 25.6 Å². The van der Waals surface area contributed by atoms with Gasteiger partial charge in [0.15, 0.2) is 11.6 Å². The van der Waals surface area contributed by atoms with E-state index in [0.29, 0.717) is 72.5 Å². The van der Waals surface area contributed by atoms with Crippen molar-refractivity contribution in [2.24, 2.45) is 5.92 Å². The van der Waals surface area contributed by atoms with Gasteiger partial charge in [-0.25, -0.2) is 14.4 Å². The van der Waals surface area contributed by atoms with Crippen LogP contribution in [-0.4, -0.2) is 47.2 Å². The van der Waals surface area contributed by atoms with Crippen LogP contribution < -0.4 is 21.1 Å². The molecule has 0 aromatic carbocycles. The number of hydrogen-bond acceptors (Lipinski definition) is 8. The fourth-order valence-electron chi connectivity index (χ4n) is 5.16. The average molecular weight is 511 g/mol. The number of pyridine rings is 3. The van der Waals surface area contributed by atoms with E-state index < -0.39 is 0 Å². The molecular formula is C27H35FN6O3. The fraction of sp³-hybridized carbons (Fsp3) is 0.481. The Bertz CT molecular complexity index is 1210. The van der Waals surface area contributed by atoms with Gasteiger partial charge in [-0.05, 0) is 75.6 Å². The third-order valence-corrected chi connectivity index (χ3v) is 7.13. The maximum absolute atomic E-state index is 14.6. The number of ether oxygens (including phenoxy) is 2. The van der Waals surface area contributed by atoms with Gasteiger partial charge in [-0.15, -0.1) is 0 Å². The number of aryl methyl sites for hydroxylation is 1. The van der Waals surface area contributed by atoms with Gasteiger partial charge in [0.25, 0.3) is 0 Å². The first-order valence-corrected chi connectivity index (χ1v) is 12.7. The van der Waals surface area contributed by atoms with Crippen molar-refractivity contribution in [1.29, 1.82) is 0 Å². The molecule has 1 saturated carbocycles. The lowest BCUT2D eigenvalue weighted by molar-refractivity contribution is -0.105. The molecule has 3 aromatic heterocycles. The summed E-state index contributed by atoms with van der Waals surface area (Å²) in [5, 5.41) is 6.28. The van der Waals surface area contributed by atoms with Gasteiger partial charge in [-0.1, -0.05) is 0 Å². The Hall–Kier alpha value is -3.37. The van der Waals surface area contributed by atoms with E-state index in [0.717, 1.165) is 37.8 Å². The number of anilines is 2. The molecule has 1 aliphatic carbocycles. The van der Waals surface area contributed by atoms with Gasteiger partial charge in [-0.2, -0.15) is 0 Å². The van der Waals surface area contributed by atoms with E-state index in [1.165, 1.54) is 6.20 Å². The first kappa shape index (κ1) is 26.7. The maximum atomic E-state index is 14.6. The second kappa shape index (κ2) is 12.2. The van der Waals surface area contributed by atoms with E-state index in [1.54, 1.807) is 19.2 Å². The van der Waals surface area contributed by atoms with Crippen molar-refractivity contribution in [3.05, 3.63) is 47.5 Å². The van der Waals surface area contributed by atoms with Crippen molar-refractivity contribution in [2.75, 3.05) is 31.4 Å². The number of methoxy groups -OCH3 is 1. The lowest BCUT2D eigenvalue weighted by Gasteiger charge is -2.40. The number of nitrogen functional groups attached to an aromatic ring is 1. The van der Waals surface area contributed by atoms with Crippen molar-refractivity contribution in [1.82, 2.24) is 20.3 Å². The molecule has 4 rings (SSSR count). The number of aromatic nitrogens is 3. The Balaban J connectivity index is 1.37. The van der Waals surface area contributed by atoms with Crippen molar-refractivity contribution in [2.45, 2.75) is 57.5 Å². The van der Waals surface area contributed by atoms with Crippen LogP contribution in [0.15, 0.2) is 30.5 Å². The minimum atomic E-state index is -0.330. The highest BCUT2D eigenvalue weighted by atomic mass is 19.1. The molecule has 3 aromatic rings. The average Bonchev–Trinajstić information content (AvgIpc) is 2.90. The molecule has 1 amide bonds. The molecule has 10 heteroatoms. The Labute approximate surface area is 216 Å². The Kier molecular flexibility index (Phi) is 8.83. The quantitative estimate of drug-likeness (QED) is 0.312. The largest absolute Gasteiger partial charge is 0.490 e. The number of amides is 1. The van der Waals surface area contributed by atoms with Crippen LogP contribution in [0.3, 0.4) is 0 Å². The number of hydrogen-bond donors (Lipinski definition) is 3. The number of nitrogens with zero attached hydrogens (tertiary/aromatic N) is 3. The molecule has 1 fully saturated rings. The fourth-order valence-corrected chi connectivity index (χ4v) is 5.16. The summed E-state index contributed by atoms with van der Waals surface area (Å²) in [6, 6.07) is 7.18. The van der Waals surface area contributed by atoms with Crippen LogP contribution >= 0.6 is 0 Å². The van der Waals surface area contributed by atoms with Crippen molar-refractivity contribution < 1.29 is 18.7 Å². The summed E-state index contributed by atoms with van der Waals surface area (Å²) < 4.78 is 25.8. The van der Waals surface area contributed by atoms with E-state index in [1.807, 2.05) is 19.1 Å². The van der Waals surface area contributed by atoms with Crippen LogP contribution in [0.4, 0.5) is 16.0 Å². The molecule has 4 N–H and O–H groups in total. The van der Waals surface area contributed by atoms with Crippen LogP contribution in [0, 0.1) is 11.7 Å². The van der Waals surface area contributed by atoms with Crippen LogP contribution in [0.5, 0.6) is 5.75 Å². The van der Waals surface area contributed by atoms with E-state index in [-0.39, 0.29) is 11.4 Å². The minimum absolute atomic E-state index is 0.172. The summed E-state index contributed by atoms with van der Waals surface area (Å²) in [6.07, 6.45) is 7.22. The first-order chi connectivity index (χ1) is 18.0. The van der Waals surface area contributed by atoms with Gasteiger partial charge in [0.05, 0.1) is 36.1 Å².